The Morgan fingerprint density at radius 1 is 0.871 bits per heavy atom. The molecule has 0 aliphatic rings. The van der Waals surface area contributed by atoms with Crippen LogP contribution in [0, 0.1) is 0 Å². The first-order valence-corrected chi connectivity index (χ1v) is 9.69. The molecule has 0 saturated heterocycles. The van der Waals surface area contributed by atoms with Gasteiger partial charge in [0.15, 0.2) is 0 Å². The summed E-state index contributed by atoms with van der Waals surface area (Å²) in [5.74, 6) is -0.806. The molecule has 0 aliphatic carbocycles. The maximum absolute atomic E-state index is 12.4. The number of rotatable bonds is 6. The average molecular weight is 408 g/mol. The molecule has 1 heterocycles. The van der Waals surface area contributed by atoms with Gasteiger partial charge in [-0.3, -0.25) is 9.59 Å². The largest absolute Gasteiger partial charge is 0.366 e. The Hall–Kier alpha value is -4.45. The third kappa shape index (κ3) is 4.76. The van der Waals surface area contributed by atoms with Crippen molar-refractivity contribution in [3.8, 4) is 16.9 Å². The Labute approximate surface area is 179 Å². The molecule has 6 nitrogen and oxygen atoms in total. The van der Waals surface area contributed by atoms with Crippen molar-refractivity contribution in [1.29, 1.82) is 0 Å². The number of aromatic nitrogens is 2. The van der Waals surface area contributed by atoms with Crippen molar-refractivity contribution in [3.05, 3.63) is 108 Å². The van der Waals surface area contributed by atoms with Crippen LogP contribution in [-0.2, 0) is 4.79 Å². The maximum atomic E-state index is 12.4. The fraction of sp³-hybridized carbons (Fsp3) is 0. The van der Waals surface area contributed by atoms with Crippen molar-refractivity contribution < 1.29 is 9.59 Å². The summed E-state index contributed by atoms with van der Waals surface area (Å²) in [5, 5.41) is 7.50. The molecule has 2 amide bonds. The van der Waals surface area contributed by atoms with Crippen LogP contribution < -0.4 is 11.1 Å². The number of carbonyl (C=O) groups excluding carboxylic acids is 2. The summed E-state index contributed by atoms with van der Waals surface area (Å²) in [6.07, 6.45) is 5.09. The maximum Gasteiger partial charge on any atom is 0.248 e. The number of nitrogens with two attached hydrogens (primary N) is 1. The number of amides is 2. The molecular weight excluding hydrogens is 388 g/mol. The van der Waals surface area contributed by atoms with Crippen molar-refractivity contribution in [2.75, 3.05) is 5.32 Å². The predicted molar refractivity (Wildman–Crippen MR) is 122 cm³/mol. The third-order valence-corrected chi connectivity index (χ3v) is 4.66. The van der Waals surface area contributed by atoms with E-state index in [2.05, 4.69) is 5.32 Å². The predicted octanol–water partition coefficient (Wildman–Crippen LogP) is 4.29. The summed E-state index contributed by atoms with van der Waals surface area (Å²) in [7, 11) is 0. The van der Waals surface area contributed by atoms with Crippen molar-refractivity contribution in [2.45, 2.75) is 0 Å². The van der Waals surface area contributed by atoms with Gasteiger partial charge in [0.1, 0.15) is 0 Å². The molecule has 0 atom stereocenters. The van der Waals surface area contributed by atoms with Gasteiger partial charge in [-0.1, -0.05) is 48.5 Å². The minimum Gasteiger partial charge on any atom is -0.366 e. The lowest BCUT2D eigenvalue weighted by Crippen LogP contribution is -2.11. The van der Waals surface area contributed by atoms with E-state index < -0.39 is 5.91 Å². The molecule has 4 aromatic rings. The minimum atomic E-state index is -0.512. The van der Waals surface area contributed by atoms with E-state index >= 15 is 0 Å². The molecule has 0 saturated carbocycles. The number of para-hydroxylation sites is 1. The Morgan fingerprint density at radius 3 is 2.16 bits per heavy atom. The highest BCUT2D eigenvalue weighted by molar-refractivity contribution is 6.02. The van der Waals surface area contributed by atoms with Crippen LogP contribution in [0.25, 0.3) is 23.0 Å². The molecule has 6 heteroatoms. The van der Waals surface area contributed by atoms with Gasteiger partial charge in [-0.25, -0.2) is 4.68 Å². The van der Waals surface area contributed by atoms with Crippen molar-refractivity contribution in [2.24, 2.45) is 5.73 Å². The van der Waals surface area contributed by atoms with Crippen LogP contribution in [0.15, 0.2) is 97.2 Å². The van der Waals surface area contributed by atoms with Gasteiger partial charge in [0, 0.05) is 34.7 Å². The number of benzene rings is 3. The number of primary amides is 1. The van der Waals surface area contributed by atoms with Crippen LogP contribution >= 0.6 is 0 Å². The molecule has 0 spiro atoms. The normalized spacial score (nSPS) is 10.8. The van der Waals surface area contributed by atoms with Gasteiger partial charge in [0.05, 0.1) is 11.4 Å². The second-order valence-corrected chi connectivity index (χ2v) is 6.84. The molecule has 0 bridgehead atoms. The van der Waals surface area contributed by atoms with Gasteiger partial charge in [-0.15, -0.1) is 0 Å². The average Bonchev–Trinajstić information content (AvgIpc) is 3.24. The number of hydrogen-bond acceptors (Lipinski definition) is 3. The molecule has 1 aromatic heterocycles. The molecule has 0 fully saturated rings. The molecule has 0 aliphatic heterocycles. The number of anilines is 1. The molecule has 3 aromatic carbocycles. The van der Waals surface area contributed by atoms with E-state index in [4.69, 9.17) is 10.8 Å². The fourth-order valence-electron chi connectivity index (χ4n) is 3.11. The van der Waals surface area contributed by atoms with E-state index in [9.17, 15) is 9.59 Å². The van der Waals surface area contributed by atoms with Gasteiger partial charge in [0.2, 0.25) is 11.8 Å². The monoisotopic (exact) mass is 408 g/mol. The van der Waals surface area contributed by atoms with E-state index in [0.29, 0.717) is 11.3 Å². The summed E-state index contributed by atoms with van der Waals surface area (Å²) in [4.78, 5) is 23.6. The zero-order valence-electron chi connectivity index (χ0n) is 16.6. The highest BCUT2D eigenvalue weighted by Crippen LogP contribution is 2.24. The third-order valence-electron chi connectivity index (χ3n) is 4.66. The van der Waals surface area contributed by atoms with Crippen LogP contribution in [0.3, 0.4) is 0 Å². The first kappa shape index (κ1) is 19.8. The van der Waals surface area contributed by atoms with Gasteiger partial charge in [0.25, 0.3) is 0 Å². The quantitative estimate of drug-likeness (QED) is 0.466. The first-order valence-electron chi connectivity index (χ1n) is 9.69. The number of hydrogen-bond donors (Lipinski definition) is 2. The van der Waals surface area contributed by atoms with Crippen LogP contribution in [0.4, 0.5) is 5.69 Å². The Bertz CT molecular complexity index is 1230. The Balaban J connectivity index is 1.59. The van der Waals surface area contributed by atoms with Crippen LogP contribution in [0.1, 0.15) is 15.9 Å². The lowest BCUT2D eigenvalue weighted by Gasteiger charge is -2.03. The molecular formula is C25H20N4O2. The SMILES string of the molecule is NC(=O)c1ccc(NC(=O)/C=C/c2cn(-c3ccccc3)nc2-c2ccccc2)cc1. The topological polar surface area (TPSA) is 90.0 Å². The summed E-state index contributed by atoms with van der Waals surface area (Å²) in [6.45, 7) is 0. The molecule has 152 valence electrons. The van der Waals surface area contributed by atoms with E-state index in [1.807, 2.05) is 66.9 Å². The van der Waals surface area contributed by atoms with Gasteiger partial charge < -0.3 is 11.1 Å². The second kappa shape index (κ2) is 8.92. The second-order valence-electron chi connectivity index (χ2n) is 6.84. The number of carbonyl (C=O) groups is 2. The molecule has 4 rings (SSSR count). The standard InChI is InChI=1S/C25H20N4O2/c26-25(31)19-11-14-21(15-12-19)27-23(30)16-13-20-17-29(22-9-5-2-6-10-22)28-24(20)18-7-3-1-4-8-18/h1-17H,(H2,26,31)(H,27,30)/b16-13+. The zero-order chi connectivity index (χ0) is 21.6. The molecule has 0 unspecified atom stereocenters. The molecule has 31 heavy (non-hydrogen) atoms. The van der Waals surface area contributed by atoms with E-state index in [1.54, 1.807) is 35.0 Å². The first-order chi connectivity index (χ1) is 15.1. The van der Waals surface area contributed by atoms with E-state index in [1.165, 1.54) is 6.08 Å². The van der Waals surface area contributed by atoms with Gasteiger partial charge in [-0.2, -0.15) is 5.10 Å². The number of nitrogens with zero attached hydrogens (tertiary/aromatic N) is 2. The lowest BCUT2D eigenvalue weighted by atomic mass is 10.1. The minimum absolute atomic E-state index is 0.293. The van der Waals surface area contributed by atoms with Gasteiger partial charge >= 0.3 is 0 Å². The van der Waals surface area contributed by atoms with Gasteiger partial charge in [-0.05, 0) is 42.5 Å². The smallest absolute Gasteiger partial charge is 0.248 e. The number of nitrogens with one attached hydrogen (secondary N) is 1. The Morgan fingerprint density at radius 2 is 1.52 bits per heavy atom. The summed E-state index contributed by atoms with van der Waals surface area (Å²) >= 11 is 0. The highest BCUT2D eigenvalue weighted by Gasteiger charge is 2.11. The fourth-order valence-corrected chi connectivity index (χ4v) is 3.11. The van der Waals surface area contributed by atoms with E-state index in [0.717, 1.165) is 22.5 Å². The van der Waals surface area contributed by atoms with Crippen molar-refractivity contribution in [1.82, 2.24) is 9.78 Å². The molecule has 0 radical (unpaired) electrons. The van der Waals surface area contributed by atoms with Crippen LogP contribution in [0.2, 0.25) is 0 Å². The van der Waals surface area contributed by atoms with Crippen LogP contribution in [-0.4, -0.2) is 21.6 Å². The zero-order valence-corrected chi connectivity index (χ0v) is 16.6. The summed E-state index contributed by atoms with van der Waals surface area (Å²) in [6, 6.07) is 26.0. The van der Waals surface area contributed by atoms with Crippen molar-refractivity contribution in [3.63, 3.8) is 0 Å². The summed E-state index contributed by atoms with van der Waals surface area (Å²) in [5.41, 5.74) is 9.67. The summed E-state index contributed by atoms with van der Waals surface area (Å²) < 4.78 is 1.79. The van der Waals surface area contributed by atoms with E-state index in [-0.39, 0.29) is 5.91 Å². The highest BCUT2D eigenvalue weighted by atomic mass is 16.1. The molecule has 3 N–H and O–H groups in total. The lowest BCUT2D eigenvalue weighted by molar-refractivity contribution is -0.111. The Kier molecular flexibility index (Phi) is 5.71. The van der Waals surface area contributed by atoms with Crippen LogP contribution in [0.5, 0.6) is 0 Å². The van der Waals surface area contributed by atoms with Crippen molar-refractivity contribution >= 4 is 23.6 Å².